The average Bonchev–Trinajstić information content (AvgIpc) is 2.44. The van der Waals surface area contributed by atoms with Crippen LogP contribution < -0.4 is 11.1 Å². The van der Waals surface area contributed by atoms with Crippen molar-refractivity contribution in [3.05, 3.63) is 0 Å². The van der Waals surface area contributed by atoms with Gasteiger partial charge in [-0.15, -0.1) is 0 Å². The zero-order valence-corrected chi connectivity index (χ0v) is 12.7. The van der Waals surface area contributed by atoms with Crippen molar-refractivity contribution >= 4 is 11.8 Å². The van der Waals surface area contributed by atoms with Crippen LogP contribution in [0.1, 0.15) is 58.3 Å². The van der Waals surface area contributed by atoms with Gasteiger partial charge in [0.05, 0.1) is 0 Å². The van der Waals surface area contributed by atoms with Gasteiger partial charge in [-0.3, -0.25) is 9.59 Å². The Morgan fingerprint density at radius 3 is 2.45 bits per heavy atom. The van der Waals surface area contributed by atoms with Crippen LogP contribution in [0.4, 0.5) is 0 Å². The lowest BCUT2D eigenvalue weighted by molar-refractivity contribution is -0.132. The van der Waals surface area contributed by atoms with Crippen molar-refractivity contribution in [3.63, 3.8) is 0 Å². The highest BCUT2D eigenvalue weighted by Crippen LogP contribution is 2.13. The van der Waals surface area contributed by atoms with Gasteiger partial charge in [-0.2, -0.15) is 0 Å². The Labute approximate surface area is 122 Å². The highest BCUT2D eigenvalue weighted by molar-refractivity contribution is 5.77. The largest absolute Gasteiger partial charge is 0.353 e. The van der Waals surface area contributed by atoms with Gasteiger partial charge in [-0.25, -0.2) is 0 Å². The summed E-state index contributed by atoms with van der Waals surface area (Å²) in [5.74, 6) is 0.388. The van der Waals surface area contributed by atoms with Crippen molar-refractivity contribution in [2.45, 2.75) is 64.3 Å². The van der Waals surface area contributed by atoms with Gasteiger partial charge in [-0.1, -0.05) is 13.3 Å². The summed E-state index contributed by atoms with van der Waals surface area (Å²) in [7, 11) is 0. The van der Waals surface area contributed by atoms with E-state index in [1.54, 1.807) is 0 Å². The first-order valence-corrected chi connectivity index (χ1v) is 7.94. The first-order chi connectivity index (χ1) is 9.67. The van der Waals surface area contributed by atoms with E-state index >= 15 is 0 Å². The second kappa shape index (κ2) is 9.75. The second-order valence-corrected chi connectivity index (χ2v) is 5.57. The lowest BCUT2D eigenvalue weighted by atomic mass is 10.0. The van der Waals surface area contributed by atoms with E-state index in [4.69, 9.17) is 5.73 Å². The molecule has 0 bridgehead atoms. The number of hydrogen-bond donors (Lipinski definition) is 2. The molecule has 5 nitrogen and oxygen atoms in total. The summed E-state index contributed by atoms with van der Waals surface area (Å²) in [4.78, 5) is 25.5. The molecular weight excluding hydrogens is 254 g/mol. The van der Waals surface area contributed by atoms with Crippen LogP contribution in [0, 0.1) is 0 Å². The Kier molecular flexibility index (Phi) is 8.26. The molecular formula is C15H29N3O2. The van der Waals surface area contributed by atoms with E-state index in [1.807, 2.05) is 11.8 Å². The van der Waals surface area contributed by atoms with Crippen molar-refractivity contribution in [2.75, 3.05) is 19.6 Å². The second-order valence-electron chi connectivity index (χ2n) is 5.57. The van der Waals surface area contributed by atoms with E-state index in [-0.39, 0.29) is 17.9 Å². The number of piperidine rings is 1. The Bertz CT molecular complexity index is 299. The molecule has 0 atom stereocenters. The first-order valence-electron chi connectivity index (χ1n) is 7.94. The smallest absolute Gasteiger partial charge is 0.222 e. The molecule has 1 saturated heterocycles. The minimum Gasteiger partial charge on any atom is -0.353 e. The fourth-order valence-corrected chi connectivity index (χ4v) is 2.56. The maximum Gasteiger partial charge on any atom is 0.222 e. The number of unbranched alkanes of at least 4 members (excludes halogenated alkanes) is 2. The number of nitrogens with two attached hydrogens (primary N) is 1. The van der Waals surface area contributed by atoms with Gasteiger partial charge >= 0.3 is 0 Å². The number of amides is 2. The Morgan fingerprint density at radius 1 is 1.15 bits per heavy atom. The maximum absolute atomic E-state index is 12.0. The third kappa shape index (κ3) is 6.37. The van der Waals surface area contributed by atoms with Crippen LogP contribution in [0.3, 0.4) is 0 Å². The molecule has 1 rings (SSSR count). The molecule has 1 heterocycles. The zero-order chi connectivity index (χ0) is 14.8. The monoisotopic (exact) mass is 283 g/mol. The summed E-state index contributed by atoms with van der Waals surface area (Å²) in [6.07, 6.45) is 6.83. The summed E-state index contributed by atoms with van der Waals surface area (Å²) in [5.41, 5.74) is 5.43. The molecule has 116 valence electrons. The molecule has 5 heteroatoms. The molecule has 0 spiro atoms. The third-order valence-corrected chi connectivity index (χ3v) is 3.78. The van der Waals surface area contributed by atoms with E-state index in [2.05, 4.69) is 5.32 Å². The minimum absolute atomic E-state index is 0.138. The molecule has 1 aliphatic rings. The average molecular weight is 283 g/mol. The predicted molar refractivity (Wildman–Crippen MR) is 80.2 cm³/mol. The third-order valence-electron chi connectivity index (χ3n) is 3.78. The minimum atomic E-state index is 0.138. The van der Waals surface area contributed by atoms with E-state index in [1.165, 1.54) is 0 Å². The van der Waals surface area contributed by atoms with Crippen LogP contribution in [0.25, 0.3) is 0 Å². The van der Waals surface area contributed by atoms with Crippen molar-refractivity contribution < 1.29 is 9.59 Å². The van der Waals surface area contributed by atoms with Crippen molar-refractivity contribution in [3.8, 4) is 0 Å². The summed E-state index contributed by atoms with van der Waals surface area (Å²) in [6.45, 7) is 4.25. The van der Waals surface area contributed by atoms with Crippen molar-refractivity contribution in [1.82, 2.24) is 10.2 Å². The van der Waals surface area contributed by atoms with E-state index in [0.29, 0.717) is 19.4 Å². The fourth-order valence-electron chi connectivity index (χ4n) is 2.56. The molecule has 0 radical (unpaired) electrons. The van der Waals surface area contributed by atoms with Crippen LogP contribution in [-0.4, -0.2) is 42.4 Å². The topological polar surface area (TPSA) is 75.4 Å². The van der Waals surface area contributed by atoms with Gasteiger partial charge in [0, 0.05) is 32.0 Å². The van der Waals surface area contributed by atoms with Crippen molar-refractivity contribution in [2.24, 2.45) is 5.73 Å². The highest BCUT2D eigenvalue weighted by Gasteiger charge is 2.23. The number of rotatable bonds is 8. The molecule has 0 aliphatic carbocycles. The molecule has 3 N–H and O–H groups in total. The van der Waals surface area contributed by atoms with Gasteiger partial charge in [0.2, 0.25) is 11.8 Å². The molecule has 0 unspecified atom stereocenters. The summed E-state index contributed by atoms with van der Waals surface area (Å²) < 4.78 is 0. The van der Waals surface area contributed by atoms with E-state index < -0.39 is 0 Å². The lowest BCUT2D eigenvalue weighted by Gasteiger charge is -2.32. The molecule has 0 aromatic carbocycles. The fraction of sp³-hybridized carbons (Fsp3) is 0.867. The van der Waals surface area contributed by atoms with Crippen molar-refractivity contribution in [1.29, 1.82) is 0 Å². The Morgan fingerprint density at radius 2 is 1.85 bits per heavy atom. The molecule has 0 saturated carbocycles. The molecule has 0 aromatic rings. The van der Waals surface area contributed by atoms with Gasteiger partial charge in [0.25, 0.3) is 0 Å². The van der Waals surface area contributed by atoms with E-state index in [0.717, 1.165) is 51.6 Å². The molecule has 0 aromatic heterocycles. The number of nitrogens with zero attached hydrogens (tertiary/aromatic N) is 1. The Balaban J connectivity index is 2.17. The maximum atomic E-state index is 12.0. The van der Waals surface area contributed by atoms with Crippen LogP contribution >= 0.6 is 0 Å². The predicted octanol–water partition coefficient (Wildman–Crippen LogP) is 1.41. The Hall–Kier alpha value is -1.10. The van der Waals surface area contributed by atoms with Crippen LogP contribution in [0.15, 0.2) is 0 Å². The molecule has 20 heavy (non-hydrogen) atoms. The number of carbonyl (C=O) groups is 2. The van der Waals surface area contributed by atoms with Crippen LogP contribution in [0.5, 0.6) is 0 Å². The number of carbonyl (C=O) groups excluding carboxylic acids is 2. The number of hydrogen-bond acceptors (Lipinski definition) is 3. The first kappa shape index (κ1) is 17.0. The number of likely N-dealkylation sites (tertiary alicyclic amines) is 1. The number of nitrogens with one attached hydrogen (secondary N) is 1. The summed E-state index contributed by atoms with van der Waals surface area (Å²) >= 11 is 0. The zero-order valence-electron chi connectivity index (χ0n) is 12.7. The quantitative estimate of drug-likeness (QED) is 0.661. The summed E-state index contributed by atoms with van der Waals surface area (Å²) in [5, 5.41) is 3.05. The normalized spacial score (nSPS) is 16.2. The highest BCUT2D eigenvalue weighted by atomic mass is 16.2. The molecule has 1 fully saturated rings. The van der Waals surface area contributed by atoms with Crippen LogP contribution in [-0.2, 0) is 9.59 Å². The SMILES string of the molecule is CCCC(=O)NC1CCN(C(=O)CCCCCN)CC1. The van der Waals surface area contributed by atoms with Gasteiger partial charge in [0.15, 0.2) is 0 Å². The lowest BCUT2D eigenvalue weighted by Crippen LogP contribution is -2.46. The molecule has 1 aliphatic heterocycles. The van der Waals surface area contributed by atoms with Gasteiger partial charge < -0.3 is 16.0 Å². The van der Waals surface area contributed by atoms with Gasteiger partial charge in [0.1, 0.15) is 0 Å². The molecule has 2 amide bonds. The summed E-state index contributed by atoms with van der Waals surface area (Å²) in [6, 6.07) is 0.246. The van der Waals surface area contributed by atoms with Crippen LogP contribution in [0.2, 0.25) is 0 Å². The van der Waals surface area contributed by atoms with E-state index in [9.17, 15) is 9.59 Å². The standard InChI is InChI=1S/C15H29N3O2/c1-2-6-14(19)17-13-8-11-18(12-9-13)15(20)7-4-3-5-10-16/h13H,2-12,16H2,1H3,(H,17,19). The van der Waals surface area contributed by atoms with Gasteiger partial charge in [-0.05, 0) is 38.6 Å².